The fourth-order valence-electron chi connectivity index (χ4n) is 3.03. The Morgan fingerprint density at radius 2 is 1.91 bits per heavy atom. The summed E-state index contributed by atoms with van der Waals surface area (Å²) in [5.41, 5.74) is 3.57. The number of carboxylic acids is 1. The van der Waals surface area contributed by atoms with Crippen LogP contribution in [0.1, 0.15) is 81.9 Å². The molecule has 23 heavy (non-hydrogen) atoms. The Hall–Kier alpha value is -1.77. The van der Waals surface area contributed by atoms with Gasteiger partial charge in [0.15, 0.2) is 0 Å². The van der Waals surface area contributed by atoms with E-state index < -0.39 is 5.97 Å². The minimum atomic E-state index is -0.844. The number of nitrogens with zero attached hydrogens (tertiary/aromatic N) is 1. The summed E-state index contributed by atoms with van der Waals surface area (Å²) in [5, 5.41) is 10.9. The summed E-state index contributed by atoms with van der Waals surface area (Å²) in [6.45, 7) is 12.8. The largest absolute Gasteiger partial charge is 0.478 e. The minimum Gasteiger partial charge on any atom is -0.478 e. The van der Waals surface area contributed by atoms with Crippen molar-refractivity contribution >= 4 is 16.9 Å². The average molecular weight is 315 g/mol. The third kappa shape index (κ3) is 3.44. The second-order valence-electron chi connectivity index (χ2n) is 7.73. The van der Waals surface area contributed by atoms with Crippen molar-refractivity contribution in [3.63, 3.8) is 0 Å². The van der Waals surface area contributed by atoms with Gasteiger partial charge in [-0.3, -0.25) is 0 Å². The molecule has 0 unspecified atom stereocenters. The molecule has 2 rings (SSSR count). The summed E-state index contributed by atoms with van der Waals surface area (Å²) in [4.78, 5) is 11.9. The summed E-state index contributed by atoms with van der Waals surface area (Å²) in [6, 6.07) is 4.30. The summed E-state index contributed by atoms with van der Waals surface area (Å²) in [5.74, 6) is -0.844. The van der Waals surface area contributed by atoms with Gasteiger partial charge in [0, 0.05) is 17.6 Å². The molecule has 0 saturated carbocycles. The van der Waals surface area contributed by atoms with E-state index in [1.165, 1.54) is 5.56 Å². The molecule has 0 saturated heterocycles. The maximum absolute atomic E-state index is 11.9. The third-order valence-electron chi connectivity index (χ3n) is 4.46. The van der Waals surface area contributed by atoms with Gasteiger partial charge in [0.2, 0.25) is 0 Å². The van der Waals surface area contributed by atoms with Crippen LogP contribution in [0, 0.1) is 0 Å². The first kappa shape index (κ1) is 17.6. The van der Waals surface area contributed by atoms with Gasteiger partial charge in [-0.1, -0.05) is 34.1 Å². The van der Waals surface area contributed by atoms with Crippen LogP contribution in [0.5, 0.6) is 0 Å². The van der Waals surface area contributed by atoms with Crippen molar-refractivity contribution in [2.24, 2.45) is 0 Å². The van der Waals surface area contributed by atoms with E-state index in [1.807, 2.05) is 6.07 Å². The topological polar surface area (TPSA) is 42.2 Å². The molecule has 1 aromatic carbocycles. The van der Waals surface area contributed by atoms with Crippen molar-refractivity contribution in [2.45, 2.75) is 72.3 Å². The lowest BCUT2D eigenvalue weighted by Gasteiger charge is -2.21. The number of aryl methyl sites for hydroxylation is 1. The summed E-state index contributed by atoms with van der Waals surface area (Å²) >= 11 is 0. The fraction of sp³-hybridized carbons (Fsp3) is 0.550. The normalized spacial score (nSPS) is 12.3. The smallest absolute Gasteiger partial charge is 0.337 e. The van der Waals surface area contributed by atoms with Gasteiger partial charge in [-0.05, 0) is 55.4 Å². The Labute approximate surface area is 139 Å². The van der Waals surface area contributed by atoms with E-state index >= 15 is 0 Å². The number of rotatable bonds is 5. The predicted molar refractivity (Wildman–Crippen MR) is 96.6 cm³/mol. The van der Waals surface area contributed by atoms with Gasteiger partial charge in [-0.25, -0.2) is 4.79 Å². The second kappa shape index (κ2) is 6.38. The molecule has 0 fully saturated rings. The van der Waals surface area contributed by atoms with Crippen LogP contribution < -0.4 is 0 Å². The van der Waals surface area contributed by atoms with Crippen LogP contribution in [0.2, 0.25) is 0 Å². The van der Waals surface area contributed by atoms with E-state index in [9.17, 15) is 9.90 Å². The quantitative estimate of drug-likeness (QED) is 0.784. The molecule has 0 spiro atoms. The highest BCUT2D eigenvalue weighted by molar-refractivity contribution is 6.04. The maximum atomic E-state index is 11.9. The zero-order valence-electron chi connectivity index (χ0n) is 15.2. The second-order valence-corrected chi connectivity index (χ2v) is 7.73. The first-order valence-corrected chi connectivity index (χ1v) is 8.58. The SMILES string of the molecule is CCCCc1cn(C(C)C)c2c(C(=O)O)cc(C(C)(C)C)cc12. The van der Waals surface area contributed by atoms with Gasteiger partial charge in [0.25, 0.3) is 0 Å². The zero-order chi connectivity index (χ0) is 17.4. The molecule has 0 aliphatic rings. The molecular weight excluding hydrogens is 286 g/mol. The van der Waals surface area contributed by atoms with Crippen LogP contribution >= 0.6 is 0 Å². The Kier molecular flexibility index (Phi) is 4.88. The van der Waals surface area contributed by atoms with Gasteiger partial charge in [0.05, 0.1) is 11.1 Å². The van der Waals surface area contributed by atoms with Crippen LogP contribution in [0.25, 0.3) is 10.9 Å². The molecule has 126 valence electrons. The molecule has 0 aliphatic carbocycles. The third-order valence-corrected chi connectivity index (χ3v) is 4.46. The predicted octanol–water partition coefficient (Wildman–Crippen LogP) is 5.56. The number of carboxylic acid groups (broad SMARTS) is 1. The molecule has 1 aromatic heterocycles. The number of hydrogen-bond donors (Lipinski definition) is 1. The van der Waals surface area contributed by atoms with E-state index in [2.05, 4.69) is 58.4 Å². The molecule has 0 radical (unpaired) electrons. The summed E-state index contributed by atoms with van der Waals surface area (Å²) in [7, 11) is 0. The molecule has 1 N–H and O–H groups in total. The highest BCUT2D eigenvalue weighted by atomic mass is 16.4. The van der Waals surface area contributed by atoms with Gasteiger partial charge in [-0.2, -0.15) is 0 Å². The first-order valence-electron chi connectivity index (χ1n) is 8.58. The van der Waals surface area contributed by atoms with Crippen LogP contribution in [-0.2, 0) is 11.8 Å². The molecule has 1 heterocycles. The van der Waals surface area contributed by atoms with E-state index in [-0.39, 0.29) is 11.5 Å². The molecule has 3 heteroatoms. The molecule has 0 atom stereocenters. The zero-order valence-corrected chi connectivity index (χ0v) is 15.2. The Bertz CT molecular complexity index is 717. The minimum absolute atomic E-state index is 0.0691. The highest BCUT2D eigenvalue weighted by Crippen LogP contribution is 2.34. The summed E-state index contributed by atoms with van der Waals surface area (Å²) in [6.07, 6.45) is 5.42. The molecular formula is C20H29NO2. The van der Waals surface area contributed by atoms with Gasteiger partial charge < -0.3 is 9.67 Å². The highest BCUT2D eigenvalue weighted by Gasteiger charge is 2.23. The summed E-state index contributed by atoms with van der Waals surface area (Å²) < 4.78 is 2.12. The van der Waals surface area contributed by atoms with Gasteiger partial charge >= 0.3 is 5.97 Å². The molecule has 0 aliphatic heterocycles. The van der Waals surface area contributed by atoms with Crippen LogP contribution in [0.4, 0.5) is 0 Å². The monoisotopic (exact) mass is 315 g/mol. The van der Waals surface area contributed by atoms with Crippen molar-refractivity contribution in [2.75, 3.05) is 0 Å². The number of benzene rings is 1. The van der Waals surface area contributed by atoms with Crippen molar-refractivity contribution in [3.05, 3.63) is 35.0 Å². The molecule has 0 bridgehead atoms. The molecule has 2 aromatic rings. The van der Waals surface area contributed by atoms with E-state index in [1.54, 1.807) is 0 Å². The number of fused-ring (bicyclic) bond motifs is 1. The Balaban J connectivity index is 2.83. The first-order chi connectivity index (χ1) is 10.7. The van der Waals surface area contributed by atoms with Crippen molar-refractivity contribution in [3.8, 4) is 0 Å². The maximum Gasteiger partial charge on any atom is 0.337 e. The van der Waals surface area contributed by atoms with Crippen LogP contribution in [-0.4, -0.2) is 15.6 Å². The number of aromatic nitrogens is 1. The Morgan fingerprint density at radius 3 is 2.39 bits per heavy atom. The fourth-order valence-corrected chi connectivity index (χ4v) is 3.03. The van der Waals surface area contributed by atoms with E-state index in [0.29, 0.717) is 5.56 Å². The standard InChI is InChI=1S/C20H29NO2/c1-7-8-9-14-12-21(13(2)3)18-16(14)10-15(20(4,5)6)11-17(18)19(22)23/h10-13H,7-9H2,1-6H3,(H,22,23). The lowest BCUT2D eigenvalue weighted by atomic mass is 9.84. The Morgan fingerprint density at radius 1 is 1.26 bits per heavy atom. The average Bonchev–Trinajstić information content (AvgIpc) is 2.82. The number of carbonyl (C=O) groups is 1. The van der Waals surface area contributed by atoms with Gasteiger partial charge in [0.1, 0.15) is 0 Å². The van der Waals surface area contributed by atoms with E-state index in [0.717, 1.165) is 35.7 Å². The van der Waals surface area contributed by atoms with E-state index in [4.69, 9.17) is 0 Å². The van der Waals surface area contributed by atoms with Crippen LogP contribution in [0.15, 0.2) is 18.3 Å². The lowest BCUT2D eigenvalue weighted by molar-refractivity contribution is 0.0698. The number of unbranched alkanes of at least 4 members (excludes halogenated alkanes) is 1. The van der Waals surface area contributed by atoms with Crippen molar-refractivity contribution < 1.29 is 9.90 Å². The van der Waals surface area contributed by atoms with Gasteiger partial charge in [-0.15, -0.1) is 0 Å². The van der Waals surface area contributed by atoms with Crippen LogP contribution in [0.3, 0.4) is 0 Å². The lowest BCUT2D eigenvalue weighted by Crippen LogP contribution is -2.13. The van der Waals surface area contributed by atoms with Crippen molar-refractivity contribution in [1.82, 2.24) is 4.57 Å². The van der Waals surface area contributed by atoms with Crippen molar-refractivity contribution in [1.29, 1.82) is 0 Å². The number of hydrogen-bond acceptors (Lipinski definition) is 1. The number of aromatic carboxylic acids is 1. The molecule has 0 amide bonds. The molecule has 3 nitrogen and oxygen atoms in total.